The molecule has 22 heavy (non-hydrogen) atoms. The third-order valence-electron chi connectivity index (χ3n) is 2.99. The quantitative estimate of drug-likeness (QED) is 0.901. The van der Waals surface area contributed by atoms with Gasteiger partial charge in [-0.1, -0.05) is 29.8 Å². The van der Waals surface area contributed by atoms with Gasteiger partial charge in [-0.3, -0.25) is 10.1 Å². The first-order valence-corrected chi connectivity index (χ1v) is 7.01. The lowest BCUT2D eigenvalue weighted by Crippen LogP contribution is -2.18. The molecule has 0 aliphatic carbocycles. The number of para-hydroxylation sites is 1. The number of hydrogen-bond donors (Lipinski definition) is 2. The molecule has 0 aliphatic rings. The molecule has 0 heterocycles. The molecule has 5 nitrogen and oxygen atoms in total. The molecule has 114 valence electrons. The number of ether oxygens (including phenoxy) is 1. The standard InChI is InChI=1S/C17H18N2O3/c1-3-22-17(21)19-15-7-5-4-6-14(15)16(20)18-13-10-8-12(2)9-11-13/h4-11H,3H2,1-2H3,(H,18,20)(H,19,21). The van der Waals surface area contributed by atoms with Crippen LogP contribution in [0.5, 0.6) is 0 Å². The minimum absolute atomic E-state index is 0.267. The average Bonchev–Trinajstić information content (AvgIpc) is 2.50. The molecule has 0 radical (unpaired) electrons. The Labute approximate surface area is 129 Å². The van der Waals surface area contributed by atoms with Crippen molar-refractivity contribution in [2.75, 3.05) is 17.2 Å². The number of rotatable bonds is 4. The molecule has 0 atom stereocenters. The molecule has 0 saturated carbocycles. The van der Waals surface area contributed by atoms with Crippen molar-refractivity contribution in [3.63, 3.8) is 0 Å². The van der Waals surface area contributed by atoms with Gasteiger partial charge >= 0.3 is 6.09 Å². The molecule has 5 heteroatoms. The van der Waals surface area contributed by atoms with Crippen molar-refractivity contribution in [2.45, 2.75) is 13.8 Å². The topological polar surface area (TPSA) is 67.4 Å². The van der Waals surface area contributed by atoms with Crippen LogP contribution in [0.1, 0.15) is 22.8 Å². The van der Waals surface area contributed by atoms with Crippen LogP contribution in [-0.4, -0.2) is 18.6 Å². The van der Waals surface area contributed by atoms with Crippen molar-refractivity contribution in [3.8, 4) is 0 Å². The van der Waals surface area contributed by atoms with Crippen molar-refractivity contribution >= 4 is 23.4 Å². The highest BCUT2D eigenvalue weighted by Crippen LogP contribution is 2.18. The van der Waals surface area contributed by atoms with Crippen LogP contribution in [-0.2, 0) is 4.74 Å². The van der Waals surface area contributed by atoms with Crippen molar-refractivity contribution in [3.05, 3.63) is 59.7 Å². The summed E-state index contributed by atoms with van der Waals surface area (Å²) in [5, 5.41) is 5.37. The van der Waals surface area contributed by atoms with Gasteiger partial charge in [-0.05, 0) is 38.1 Å². The summed E-state index contributed by atoms with van der Waals surface area (Å²) in [5.41, 5.74) is 2.59. The van der Waals surface area contributed by atoms with E-state index in [0.717, 1.165) is 5.56 Å². The first kappa shape index (κ1) is 15.6. The zero-order valence-corrected chi connectivity index (χ0v) is 12.6. The third-order valence-corrected chi connectivity index (χ3v) is 2.99. The number of carbonyl (C=O) groups is 2. The summed E-state index contributed by atoms with van der Waals surface area (Å²) in [6, 6.07) is 14.3. The molecule has 2 rings (SSSR count). The van der Waals surface area contributed by atoms with Crippen LogP contribution in [0.2, 0.25) is 0 Å². The minimum atomic E-state index is -0.585. The molecular formula is C17H18N2O3. The van der Waals surface area contributed by atoms with Crippen molar-refractivity contribution < 1.29 is 14.3 Å². The maximum Gasteiger partial charge on any atom is 0.411 e. The second kappa shape index (κ2) is 7.26. The monoisotopic (exact) mass is 298 g/mol. The summed E-state index contributed by atoms with van der Waals surface area (Å²) in [4.78, 5) is 23.9. The first-order chi connectivity index (χ1) is 10.6. The smallest absolute Gasteiger partial charge is 0.411 e. The van der Waals surface area contributed by atoms with Gasteiger partial charge in [0.05, 0.1) is 17.9 Å². The van der Waals surface area contributed by atoms with E-state index < -0.39 is 6.09 Å². The number of aryl methyl sites for hydroxylation is 1. The fourth-order valence-corrected chi connectivity index (χ4v) is 1.90. The van der Waals surface area contributed by atoms with Crippen LogP contribution in [0, 0.1) is 6.92 Å². The van der Waals surface area contributed by atoms with E-state index in [4.69, 9.17) is 4.74 Å². The molecule has 0 saturated heterocycles. The van der Waals surface area contributed by atoms with Gasteiger partial charge in [0.15, 0.2) is 0 Å². The Bertz CT molecular complexity index is 666. The van der Waals surface area contributed by atoms with Gasteiger partial charge in [-0.15, -0.1) is 0 Å². The van der Waals surface area contributed by atoms with E-state index in [2.05, 4.69) is 10.6 Å². The Hall–Kier alpha value is -2.82. The maximum absolute atomic E-state index is 12.4. The summed E-state index contributed by atoms with van der Waals surface area (Å²) in [7, 11) is 0. The molecule has 2 aromatic rings. The van der Waals surface area contributed by atoms with E-state index in [1.165, 1.54) is 0 Å². The van der Waals surface area contributed by atoms with Gasteiger partial charge in [0.25, 0.3) is 5.91 Å². The number of nitrogens with one attached hydrogen (secondary N) is 2. The van der Waals surface area contributed by atoms with Crippen molar-refractivity contribution in [1.29, 1.82) is 0 Å². The van der Waals surface area contributed by atoms with Crippen LogP contribution in [0.4, 0.5) is 16.2 Å². The highest BCUT2D eigenvalue weighted by molar-refractivity contribution is 6.09. The molecule has 0 aliphatic heterocycles. The molecule has 2 N–H and O–H groups in total. The van der Waals surface area contributed by atoms with Gasteiger partial charge in [0, 0.05) is 5.69 Å². The van der Waals surface area contributed by atoms with E-state index in [1.54, 1.807) is 31.2 Å². The van der Waals surface area contributed by atoms with E-state index in [1.807, 2.05) is 31.2 Å². The van der Waals surface area contributed by atoms with Gasteiger partial charge in [0.1, 0.15) is 0 Å². The normalized spacial score (nSPS) is 9.91. The first-order valence-electron chi connectivity index (χ1n) is 7.01. The van der Waals surface area contributed by atoms with E-state index >= 15 is 0 Å². The van der Waals surface area contributed by atoms with Gasteiger partial charge in [0.2, 0.25) is 0 Å². The van der Waals surface area contributed by atoms with Gasteiger partial charge in [-0.2, -0.15) is 0 Å². The lowest BCUT2D eigenvalue weighted by atomic mass is 10.1. The van der Waals surface area contributed by atoms with Crippen LogP contribution < -0.4 is 10.6 Å². The summed E-state index contributed by atoms with van der Waals surface area (Å²) >= 11 is 0. The Morgan fingerprint density at radius 1 is 1.00 bits per heavy atom. The predicted octanol–water partition coefficient (Wildman–Crippen LogP) is 3.82. The predicted molar refractivity (Wildman–Crippen MR) is 86.2 cm³/mol. The van der Waals surface area contributed by atoms with Crippen LogP contribution in [0.3, 0.4) is 0 Å². The molecule has 0 aromatic heterocycles. The van der Waals surface area contributed by atoms with Gasteiger partial charge in [-0.25, -0.2) is 4.79 Å². The van der Waals surface area contributed by atoms with E-state index in [0.29, 0.717) is 16.9 Å². The lowest BCUT2D eigenvalue weighted by molar-refractivity contribution is 0.102. The molecule has 0 fully saturated rings. The maximum atomic E-state index is 12.4. The zero-order chi connectivity index (χ0) is 15.9. The molecular weight excluding hydrogens is 280 g/mol. The Balaban J connectivity index is 2.15. The number of carbonyl (C=O) groups excluding carboxylic acids is 2. The summed E-state index contributed by atoms with van der Waals surface area (Å²) in [5.74, 6) is -0.295. The van der Waals surface area contributed by atoms with Crippen molar-refractivity contribution in [2.24, 2.45) is 0 Å². The fourth-order valence-electron chi connectivity index (χ4n) is 1.90. The lowest BCUT2D eigenvalue weighted by Gasteiger charge is -2.11. The molecule has 0 spiro atoms. The summed E-state index contributed by atoms with van der Waals surface area (Å²) in [6.45, 7) is 3.96. The Morgan fingerprint density at radius 2 is 1.68 bits per heavy atom. The molecule has 2 aromatic carbocycles. The Kier molecular flexibility index (Phi) is 5.14. The van der Waals surface area contributed by atoms with E-state index in [-0.39, 0.29) is 12.5 Å². The second-order valence-electron chi connectivity index (χ2n) is 4.71. The third kappa shape index (κ3) is 4.09. The van der Waals surface area contributed by atoms with Crippen LogP contribution in [0.15, 0.2) is 48.5 Å². The molecule has 0 unspecified atom stereocenters. The van der Waals surface area contributed by atoms with Crippen molar-refractivity contribution in [1.82, 2.24) is 0 Å². The van der Waals surface area contributed by atoms with Crippen LogP contribution in [0.25, 0.3) is 0 Å². The second-order valence-corrected chi connectivity index (χ2v) is 4.71. The summed E-state index contributed by atoms with van der Waals surface area (Å²) in [6.07, 6.45) is -0.585. The summed E-state index contributed by atoms with van der Waals surface area (Å²) < 4.78 is 4.83. The number of amides is 2. The van der Waals surface area contributed by atoms with E-state index in [9.17, 15) is 9.59 Å². The Morgan fingerprint density at radius 3 is 2.36 bits per heavy atom. The molecule has 2 amide bonds. The highest BCUT2D eigenvalue weighted by atomic mass is 16.5. The number of benzene rings is 2. The average molecular weight is 298 g/mol. The van der Waals surface area contributed by atoms with Gasteiger partial charge < -0.3 is 10.1 Å². The molecule has 0 bridgehead atoms. The number of hydrogen-bond acceptors (Lipinski definition) is 3. The largest absolute Gasteiger partial charge is 0.450 e. The number of anilines is 2. The SMILES string of the molecule is CCOC(=O)Nc1ccccc1C(=O)Nc1ccc(C)cc1. The zero-order valence-electron chi connectivity index (χ0n) is 12.6. The highest BCUT2D eigenvalue weighted by Gasteiger charge is 2.13. The van der Waals surface area contributed by atoms with Crippen LogP contribution >= 0.6 is 0 Å². The minimum Gasteiger partial charge on any atom is -0.450 e. The fraction of sp³-hybridized carbons (Fsp3) is 0.176.